The molecule has 7 heteroatoms. The summed E-state index contributed by atoms with van der Waals surface area (Å²) >= 11 is 5.91. The molecule has 2 aromatic carbocycles. The van der Waals surface area contributed by atoms with Crippen molar-refractivity contribution in [3.05, 3.63) is 47.0 Å². The largest absolute Gasteiger partial charge is 0.454 e. The highest BCUT2D eigenvalue weighted by molar-refractivity contribution is 6.31. The topological polar surface area (TPSA) is 76.7 Å². The monoisotopic (exact) mass is 346 g/mol. The minimum Gasteiger partial charge on any atom is -0.454 e. The predicted molar refractivity (Wildman–Crippen MR) is 90.6 cm³/mol. The molecular weight excluding hydrogens is 332 g/mol. The fraction of sp³-hybridized carbons (Fsp3) is 0.176. The summed E-state index contributed by atoms with van der Waals surface area (Å²) in [6.45, 7) is 2.01. The van der Waals surface area contributed by atoms with Crippen LogP contribution < -0.4 is 20.1 Å². The molecule has 2 amide bonds. The molecule has 2 N–H and O–H groups in total. The van der Waals surface area contributed by atoms with Crippen molar-refractivity contribution in [2.24, 2.45) is 0 Å². The Kier molecular flexibility index (Phi) is 4.57. The number of hydrogen-bond acceptors (Lipinski definition) is 4. The maximum Gasteiger partial charge on any atom is 0.233 e. The summed E-state index contributed by atoms with van der Waals surface area (Å²) in [6, 6.07) is 10.2. The molecule has 24 heavy (non-hydrogen) atoms. The van der Waals surface area contributed by atoms with Gasteiger partial charge in [-0.15, -0.1) is 0 Å². The lowest BCUT2D eigenvalue weighted by molar-refractivity contribution is -0.123. The normalized spacial score (nSPS) is 11.9. The van der Waals surface area contributed by atoms with Crippen LogP contribution in [0.1, 0.15) is 12.0 Å². The van der Waals surface area contributed by atoms with Crippen LogP contribution in [0.4, 0.5) is 11.4 Å². The van der Waals surface area contributed by atoms with Gasteiger partial charge in [0.2, 0.25) is 18.6 Å². The molecule has 124 valence electrons. The number of benzene rings is 2. The van der Waals surface area contributed by atoms with Crippen molar-refractivity contribution in [2.75, 3.05) is 17.4 Å². The molecule has 1 heterocycles. The average molecular weight is 347 g/mol. The number of aryl methyl sites for hydroxylation is 1. The Bertz CT molecular complexity index is 807. The first-order valence-electron chi connectivity index (χ1n) is 7.27. The van der Waals surface area contributed by atoms with Crippen molar-refractivity contribution >= 4 is 34.8 Å². The SMILES string of the molecule is Cc1ccc(Cl)cc1NC(=O)CC(=O)Nc1ccc2c(c1)OCO2. The number of amides is 2. The van der Waals surface area contributed by atoms with Crippen LogP contribution in [0, 0.1) is 6.92 Å². The van der Waals surface area contributed by atoms with Gasteiger partial charge in [0, 0.05) is 22.5 Å². The first kappa shape index (κ1) is 16.1. The van der Waals surface area contributed by atoms with Gasteiger partial charge in [-0.3, -0.25) is 9.59 Å². The smallest absolute Gasteiger partial charge is 0.233 e. The Morgan fingerprint density at radius 3 is 2.62 bits per heavy atom. The summed E-state index contributed by atoms with van der Waals surface area (Å²) in [5.41, 5.74) is 1.99. The first-order chi connectivity index (χ1) is 11.5. The van der Waals surface area contributed by atoms with Crippen LogP contribution in [0.2, 0.25) is 5.02 Å². The number of nitrogens with one attached hydrogen (secondary N) is 2. The average Bonchev–Trinajstić information content (AvgIpc) is 2.98. The lowest BCUT2D eigenvalue weighted by atomic mass is 10.2. The van der Waals surface area contributed by atoms with Gasteiger partial charge in [0.1, 0.15) is 6.42 Å². The van der Waals surface area contributed by atoms with Crippen molar-refractivity contribution in [1.29, 1.82) is 0 Å². The Labute approximate surface area is 143 Å². The van der Waals surface area contributed by atoms with Gasteiger partial charge in [0.15, 0.2) is 11.5 Å². The van der Waals surface area contributed by atoms with Gasteiger partial charge in [-0.1, -0.05) is 17.7 Å². The molecule has 0 aliphatic carbocycles. The summed E-state index contributed by atoms with van der Waals surface area (Å²) in [4.78, 5) is 24.0. The van der Waals surface area contributed by atoms with Gasteiger partial charge < -0.3 is 20.1 Å². The van der Waals surface area contributed by atoms with Gasteiger partial charge in [-0.05, 0) is 36.8 Å². The van der Waals surface area contributed by atoms with E-state index in [1.165, 1.54) is 0 Å². The summed E-state index contributed by atoms with van der Waals surface area (Å²) < 4.78 is 10.4. The van der Waals surface area contributed by atoms with Gasteiger partial charge in [-0.2, -0.15) is 0 Å². The van der Waals surface area contributed by atoms with Crippen LogP contribution in [-0.4, -0.2) is 18.6 Å². The summed E-state index contributed by atoms with van der Waals surface area (Å²) in [5, 5.41) is 5.85. The maximum atomic E-state index is 12.0. The van der Waals surface area contributed by atoms with E-state index >= 15 is 0 Å². The van der Waals surface area contributed by atoms with Crippen LogP contribution in [-0.2, 0) is 9.59 Å². The van der Waals surface area contributed by atoms with E-state index in [1.807, 2.05) is 6.92 Å². The molecule has 0 saturated heterocycles. The molecule has 0 fully saturated rings. The predicted octanol–water partition coefficient (Wildman–Crippen LogP) is 3.34. The molecule has 3 rings (SSSR count). The standard InChI is InChI=1S/C17H15ClN2O4/c1-10-2-3-11(18)6-13(10)20-17(22)8-16(21)19-12-4-5-14-15(7-12)24-9-23-14/h2-7H,8-9H2,1H3,(H,19,21)(H,20,22). The fourth-order valence-corrected chi connectivity index (χ4v) is 2.42. The highest BCUT2D eigenvalue weighted by Gasteiger charge is 2.15. The summed E-state index contributed by atoms with van der Waals surface area (Å²) in [6.07, 6.45) is -0.305. The summed E-state index contributed by atoms with van der Waals surface area (Å²) in [7, 11) is 0. The highest BCUT2D eigenvalue weighted by Crippen LogP contribution is 2.34. The zero-order valence-corrected chi connectivity index (χ0v) is 13.6. The Hall–Kier alpha value is -2.73. The molecule has 0 bridgehead atoms. The van der Waals surface area contributed by atoms with E-state index in [4.69, 9.17) is 21.1 Å². The van der Waals surface area contributed by atoms with E-state index in [1.54, 1.807) is 36.4 Å². The number of carbonyl (C=O) groups excluding carboxylic acids is 2. The fourth-order valence-electron chi connectivity index (χ4n) is 2.25. The third-order valence-corrected chi connectivity index (χ3v) is 3.69. The number of rotatable bonds is 4. The Balaban J connectivity index is 1.58. The van der Waals surface area contributed by atoms with Crippen LogP contribution in [0.3, 0.4) is 0 Å². The number of fused-ring (bicyclic) bond motifs is 1. The van der Waals surface area contributed by atoms with Gasteiger partial charge >= 0.3 is 0 Å². The number of anilines is 2. The van der Waals surface area contributed by atoms with E-state index < -0.39 is 11.8 Å². The quantitative estimate of drug-likeness (QED) is 0.832. The lowest BCUT2D eigenvalue weighted by Crippen LogP contribution is -2.21. The van der Waals surface area contributed by atoms with Crippen molar-refractivity contribution < 1.29 is 19.1 Å². The molecule has 6 nitrogen and oxygen atoms in total. The third-order valence-electron chi connectivity index (χ3n) is 3.45. The summed E-state index contributed by atoms with van der Waals surface area (Å²) in [5.74, 6) is 0.346. The number of carbonyl (C=O) groups is 2. The van der Waals surface area contributed by atoms with E-state index in [9.17, 15) is 9.59 Å². The number of ether oxygens (including phenoxy) is 2. The van der Waals surface area contributed by atoms with Crippen molar-refractivity contribution in [2.45, 2.75) is 13.3 Å². The van der Waals surface area contributed by atoms with Crippen LogP contribution in [0.5, 0.6) is 11.5 Å². The van der Waals surface area contributed by atoms with E-state index in [0.717, 1.165) is 5.56 Å². The van der Waals surface area contributed by atoms with Crippen molar-refractivity contribution in [3.63, 3.8) is 0 Å². The van der Waals surface area contributed by atoms with Crippen molar-refractivity contribution in [1.82, 2.24) is 0 Å². The molecule has 0 spiro atoms. The van der Waals surface area contributed by atoms with Crippen LogP contribution in [0.15, 0.2) is 36.4 Å². The van der Waals surface area contributed by atoms with Crippen LogP contribution >= 0.6 is 11.6 Å². The Morgan fingerprint density at radius 1 is 1.04 bits per heavy atom. The molecule has 0 atom stereocenters. The van der Waals surface area contributed by atoms with Gasteiger partial charge in [0.05, 0.1) is 0 Å². The zero-order valence-electron chi connectivity index (χ0n) is 12.9. The minimum atomic E-state index is -0.425. The minimum absolute atomic E-state index is 0.161. The number of hydrogen-bond donors (Lipinski definition) is 2. The molecule has 1 aliphatic heterocycles. The molecular formula is C17H15ClN2O4. The van der Waals surface area contributed by atoms with Gasteiger partial charge in [0.25, 0.3) is 0 Å². The first-order valence-corrected chi connectivity index (χ1v) is 7.64. The second-order valence-corrected chi connectivity index (χ2v) is 5.74. The highest BCUT2D eigenvalue weighted by atomic mass is 35.5. The van der Waals surface area contributed by atoms with E-state index in [2.05, 4.69) is 10.6 Å². The molecule has 2 aromatic rings. The van der Waals surface area contributed by atoms with E-state index in [0.29, 0.717) is 27.9 Å². The van der Waals surface area contributed by atoms with Gasteiger partial charge in [-0.25, -0.2) is 0 Å². The second kappa shape index (κ2) is 6.80. The zero-order chi connectivity index (χ0) is 17.1. The third kappa shape index (κ3) is 3.78. The van der Waals surface area contributed by atoms with E-state index in [-0.39, 0.29) is 13.2 Å². The lowest BCUT2D eigenvalue weighted by Gasteiger charge is -2.09. The van der Waals surface area contributed by atoms with Crippen molar-refractivity contribution in [3.8, 4) is 11.5 Å². The molecule has 0 radical (unpaired) electrons. The van der Waals surface area contributed by atoms with Crippen LogP contribution in [0.25, 0.3) is 0 Å². The molecule has 1 aliphatic rings. The molecule has 0 unspecified atom stereocenters. The second-order valence-electron chi connectivity index (χ2n) is 5.30. The number of halogens is 1. The molecule has 0 saturated carbocycles. The molecule has 0 aromatic heterocycles. The maximum absolute atomic E-state index is 12.0. The Morgan fingerprint density at radius 2 is 1.79 bits per heavy atom.